The van der Waals surface area contributed by atoms with E-state index in [0.717, 1.165) is 5.69 Å². The van der Waals surface area contributed by atoms with Gasteiger partial charge in [-0.15, -0.1) is 0 Å². The van der Waals surface area contributed by atoms with Crippen LogP contribution in [-0.2, 0) is 0 Å². The molecule has 0 aromatic heterocycles. The summed E-state index contributed by atoms with van der Waals surface area (Å²) in [4.78, 5) is 0. The third-order valence-electron chi connectivity index (χ3n) is 2.87. The van der Waals surface area contributed by atoms with Gasteiger partial charge in [-0.05, 0) is 43.3 Å². The van der Waals surface area contributed by atoms with Gasteiger partial charge in [0, 0.05) is 11.1 Å². The van der Waals surface area contributed by atoms with Crippen molar-refractivity contribution in [1.29, 1.82) is 0 Å². The molecule has 1 aromatic carbocycles. The van der Waals surface area contributed by atoms with Crippen LogP contribution in [0, 0.1) is 0 Å². The van der Waals surface area contributed by atoms with Crippen LogP contribution in [0.3, 0.4) is 0 Å². The fraction of sp³-hybridized carbons (Fsp3) is 0.417. The normalized spacial score (nSPS) is 15.9. The van der Waals surface area contributed by atoms with Crippen LogP contribution < -0.4 is 10.6 Å². The molecule has 0 heterocycles. The molecule has 0 amide bonds. The fourth-order valence-corrected chi connectivity index (χ4v) is 2.62. The van der Waals surface area contributed by atoms with Crippen LogP contribution in [0.25, 0.3) is 0 Å². The molecule has 2 N–H and O–H groups in total. The highest BCUT2D eigenvalue weighted by atomic mass is 35.5. The van der Waals surface area contributed by atoms with Gasteiger partial charge in [0.25, 0.3) is 0 Å². The average Bonchev–Trinajstić information content (AvgIpc) is 2.76. The molecule has 0 aliphatic heterocycles. The number of benzene rings is 1. The van der Waals surface area contributed by atoms with E-state index in [4.69, 9.17) is 35.4 Å². The summed E-state index contributed by atoms with van der Waals surface area (Å²) < 4.78 is 0. The molecule has 0 spiro atoms. The summed E-state index contributed by atoms with van der Waals surface area (Å²) in [6.45, 7) is 0. The zero-order valence-corrected chi connectivity index (χ0v) is 11.6. The minimum atomic E-state index is 0.493. The summed E-state index contributed by atoms with van der Waals surface area (Å²) in [7, 11) is 0. The Morgan fingerprint density at radius 2 is 1.94 bits per heavy atom. The van der Waals surface area contributed by atoms with E-state index >= 15 is 0 Å². The number of hydrogen-bond donors (Lipinski definition) is 2. The van der Waals surface area contributed by atoms with E-state index in [1.807, 2.05) is 0 Å². The lowest BCUT2D eigenvalue weighted by Gasteiger charge is -2.16. The fourth-order valence-electron chi connectivity index (χ4n) is 2.01. The number of nitrogens with one attached hydrogen (secondary N) is 2. The maximum Gasteiger partial charge on any atom is 0.171 e. The molecule has 5 heteroatoms. The largest absolute Gasteiger partial charge is 0.360 e. The molecular weight excluding hydrogens is 275 g/mol. The molecule has 0 radical (unpaired) electrons. The van der Waals surface area contributed by atoms with Crippen LogP contribution in [0.2, 0.25) is 10.0 Å². The summed E-state index contributed by atoms with van der Waals surface area (Å²) in [6, 6.07) is 5.77. The minimum absolute atomic E-state index is 0.493. The Morgan fingerprint density at radius 3 is 2.65 bits per heavy atom. The smallest absolute Gasteiger partial charge is 0.171 e. The van der Waals surface area contributed by atoms with Gasteiger partial charge >= 0.3 is 0 Å². The standard InChI is InChI=1S/C12H14Cl2N2S/c13-8-5-6-10(14)11(7-8)16-12(17)15-9-3-1-2-4-9/h5-7,9H,1-4H2,(H2,15,16,17). The Morgan fingerprint density at radius 1 is 1.24 bits per heavy atom. The average molecular weight is 289 g/mol. The number of thiocarbonyl (C=S) groups is 1. The van der Waals surface area contributed by atoms with Crippen molar-refractivity contribution >= 4 is 46.2 Å². The molecule has 0 atom stereocenters. The van der Waals surface area contributed by atoms with E-state index in [0.29, 0.717) is 21.2 Å². The first-order chi connectivity index (χ1) is 8.15. The number of rotatable bonds is 2. The quantitative estimate of drug-likeness (QED) is 0.797. The number of halogens is 2. The van der Waals surface area contributed by atoms with Crippen molar-refractivity contribution in [2.24, 2.45) is 0 Å². The van der Waals surface area contributed by atoms with Gasteiger partial charge in [-0.1, -0.05) is 36.0 Å². The maximum absolute atomic E-state index is 6.05. The van der Waals surface area contributed by atoms with Crippen LogP contribution in [0.4, 0.5) is 5.69 Å². The second-order valence-electron chi connectivity index (χ2n) is 4.20. The molecule has 1 aliphatic carbocycles. The molecule has 17 heavy (non-hydrogen) atoms. The molecule has 2 nitrogen and oxygen atoms in total. The van der Waals surface area contributed by atoms with Gasteiger partial charge in [0.1, 0.15) is 0 Å². The minimum Gasteiger partial charge on any atom is -0.360 e. The van der Waals surface area contributed by atoms with Crippen molar-refractivity contribution in [2.45, 2.75) is 31.7 Å². The van der Waals surface area contributed by atoms with Crippen LogP contribution in [0.5, 0.6) is 0 Å². The first kappa shape index (κ1) is 12.9. The summed E-state index contributed by atoms with van der Waals surface area (Å²) in [5, 5.41) is 8.24. The molecule has 0 unspecified atom stereocenters. The van der Waals surface area contributed by atoms with E-state index in [-0.39, 0.29) is 0 Å². The molecule has 1 fully saturated rings. The molecular formula is C12H14Cl2N2S. The molecule has 92 valence electrons. The van der Waals surface area contributed by atoms with E-state index in [1.54, 1.807) is 18.2 Å². The number of anilines is 1. The first-order valence-corrected chi connectivity index (χ1v) is 6.84. The first-order valence-electron chi connectivity index (χ1n) is 5.68. The second kappa shape index (κ2) is 5.89. The van der Waals surface area contributed by atoms with Gasteiger partial charge in [0.2, 0.25) is 0 Å². The highest BCUT2D eigenvalue weighted by Crippen LogP contribution is 2.25. The van der Waals surface area contributed by atoms with Gasteiger partial charge < -0.3 is 10.6 Å². The Hall–Kier alpha value is -0.510. The molecule has 1 aromatic rings. The van der Waals surface area contributed by atoms with Gasteiger partial charge in [-0.2, -0.15) is 0 Å². The molecule has 0 bridgehead atoms. The Bertz CT molecular complexity index is 417. The van der Waals surface area contributed by atoms with Crippen molar-refractivity contribution in [2.75, 3.05) is 5.32 Å². The Kier molecular flexibility index (Phi) is 4.48. The van der Waals surface area contributed by atoms with Crippen molar-refractivity contribution in [3.63, 3.8) is 0 Å². The van der Waals surface area contributed by atoms with Crippen LogP contribution in [0.15, 0.2) is 18.2 Å². The topological polar surface area (TPSA) is 24.1 Å². The van der Waals surface area contributed by atoms with Gasteiger partial charge in [0.15, 0.2) is 5.11 Å². The summed E-state index contributed by atoms with van der Waals surface area (Å²) in [5.74, 6) is 0. The molecule has 1 saturated carbocycles. The molecule has 2 rings (SSSR count). The summed E-state index contributed by atoms with van der Waals surface area (Å²) in [5.41, 5.74) is 0.745. The highest BCUT2D eigenvalue weighted by Gasteiger charge is 2.15. The predicted molar refractivity (Wildman–Crippen MR) is 78.1 cm³/mol. The zero-order chi connectivity index (χ0) is 12.3. The Balaban J connectivity index is 1.95. The monoisotopic (exact) mass is 288 g/mol. The number of hydrogen-bond acceptors (Lipinski definition) is 1. The third kappa shape index (κ3) is 3.73. The van der Waals surface area contributed by atoms with Crippen molar-refractivity contribution in [1.82, 2.24) is 5.32 Å². The lowest BCUT2D eigenvalue weighted by Crippen LogP contribution is -2.35. The predicted octanol–water partition coefficient (Wildman–Crippen LogP) is 4.22. The summed E-state index contributed by atoms with van der Waals surface area (Å²) >= 11 is 17.2. The van der Waals surface area contributed by atoms with E-state index in [1.165, 1.54) is 25.7 Å². The highest BCUT2D eigenvalue weighted by molar-refractivity contribution is 7.80. The third-order valence-corrected chi connectivity index (χ3v) is 3.65. The van der Waals surface area contributed by atoms with Crippen molar-refractivity contribution in [3.8, 4) is 0 Å². The van der Waals surface area contributed by atoms with Crippen LogP contribution >= 0.6 is 35.4 Å². The van der Waals surface area contributed by atoms with E-state index in [2.05, 4.69) is 10.6 Å². The lowest BCUT2D eigenvalue weighted by atomic mass is 10.2. The lowest BCUT2D eigenvalue weighted by molar-refractivity contribution is 0.634. The van der Waals surface area contributed by atoms with Gasteiger partial charge in [-0.25, -0.2) is 0 Å². The second-order valence-corrected chi connectivity index (χ2v) is 5.46. The molecule has 1 aliphatic rings. The SMILES string of the molecule is S=C(Nc1cc(Cl)ccc1Cl)NC1CCCC1. The van der Waals surface area contributed by atoms with Crippen molar-refractivity contribution < 1.29 is 0 Å². The van der Waals surface area contributed by atoms with Gasteiger partial charge in [0.05, 0.1) is 10.7 Å². The van der Waals surface area contributed by atoms with Crippen LogP contribution in [-0.4, -0.2) is 11.2 Å². The Labute approximate surface area is 117 Å². The van der Waals surface area contributed by atoms with E-state index < -0.39 is 0 Å². The maximum atomic E-state index is 6.05. The van der Waals surface area contributed by atoms with Crippen LogP contribution in [0.1, 0.15) is 25.7 Å². The van der Waals surface area contributed by atoms with E-state index in [9.17, 15) is 0 Å². The zero-order valence-electron chi connectivity index (χ0n) is 9.30. The molecule has 0 saturated heterocycles. The summed E-state index contributed by atoms with van der Waals surface area (Å²) in [6.07, 6.45) is 4.92. The van der Waals surface area contributed by atoms with Crippen molar-refractivity contribution in [3.05, 3.63) is 28.2 Å². The van der Waals surface area contributed by atoms with Gasteiger partial charge in [-0.3, -0.25) is 0 Å².